The fraction of sp³-hybridized carbons (Fsp3) is 0.400. The third kappa shape index (κ3) is 5.99. The van der Waals surface area contributed by atoms with Crippen LogP contribution in [-0.2, 0) is 10.0 Å². The summed E-state index contributed by atoms with van der Waals surface area (Å²) >= 11 is 0. The van der Waals surface area contributed by atoms with Gasteiger partial charge >= 0.3 is 6.18 Å². The van der Waals surface area contributed by atoms with Crippen molar-refractivity contribution in [1.82, 2.24) is 10.0 Å². The first kappa shape index (κ1) is 22.6. The molecular weight excluding hydrogens is 427 g/mol. The normalized spacial score (nSPS) is 20.3. The fourth-order valence-electron chi connectivity index (χ4n) is 3.50. The maximum atomic E-state index is 13.9. The van der Waals surface area contributed by atoms with Gasteiger partial charge < -0.3 is 5.32 Å². The molecule has 0 amide bonds. The monoisotopic (exact) mass is 448 g/mol. The Balaban J connectivity index is 1.60. The van der Waals surface area contributed by atoms with E-state index in [4.69, 9.17) is 0 Å². The zero-order chi connectivity index (χ0) is 21.9. The molecule has 0 aliphatic heterocycles. The number of nitrogens with one attached hydrogen (secondary N) is 2. The second kappa shape index (κ2) is 8.99. The lowest BCUT2D eigenvalue weighted by Crippen LogP contribution is -2.44. The van der Waals surface area contributed by atoms with Crippen LogP contribution in [0.25, 0.3) is 11.1 Å². The van der Waals surface area contributed by atoms with Gasteiger partial charge in [0, 0.05) is 23.7 Å². The molecule has 1 aliphatic rings. The number of rotatable bonds is 6. The molecule has 3 rings (SSSR count). The van der Waals surface area contributed by atoms with Crippen LogP contribution >= 0.6 is 0 Å². The largest absolute Gasteiger partial charge is 0.401 e. The highest BCUT2D eigenvalue weighted by molar-refractivity contribution is 7.89. The van der Waals surface area contributed by atoms with Crippen LogP contribution in [0.4, 0.5) is 22.0 Å². The first-order valence-corrected chi connectivity index (χ1v) is 10.9. The molecular formula is C20H21F5N2O2S. The smallest absolute Gasteiger partial charge is 0.306 e. The van der Waals surface area contributed by atoms with Crippen molar-refractivity contribution in [3.05, 3.63) is 54.1 Å². The first-order chi connectivity index (χ1) is 14.0. The number of hydrogen-bond donors (Lipinski definition) is 2. The van der Waals surface area contributed by atoms with E-state index in [1.165, 1.54) is 30.3 Å². The molecule has 2 aromatic carbocycles. The van der Waals surface area contributed by atoms with Gasteiger partial charge in [0.2, 0.25) is 10.0 Å². The zero-order valence-electron chi connectivity index (χ0n) is 15.8. The van der Waals surface area contributed by atoms with Gasteiger partial charge in [-0.15, -0.1) is 0 Å². The second-order valence-corrected chi connectivity index (χ2v) is 9.03. The molecule has 1 fully saturated rings. The topological polar surface area (TPSA) is 58.2 Å². The Labute approximate surface area is 171 Å². The molecule has 2 N–H and O–H groups in total. The van der Waals surface area contributed by atoms with E-state index in [1.807, 2.05) is 0 Å². The minimum Gasteiger partial charge on any atom is -0.306 e. The minimum absolute atomic E-state index is 0.00825. The van der Waals surface area contributed by atoms with E-state index in [0.717, 1.165) is 12.1 Å². The van der Waals surface area contributed by atoms with Gasteiger partial charge in [0.25, 0.3) is 0 Å². The van der Waals surface area contributed by atoms with Gasteiger partial charge in [-0.2, -0.15) is 13.2 Å². The van der Waals surface area contributed by atoms with Crippen molar-refractivity contribution in [1.29, 1.82) is 0 Å². The van der Waals surface area contributed by atoms with Crippen LogP contribution in [0.1, 0.15) is 25.7 Å². The highest BCUT2D eigenvalue weighted by Crippen LogP contribution is 2.26. The van der Waals surface area contributed by atoms with Crippen molar-refractivity contribution < 1.29 is 30.4 Å². The molecule has 0 unspecified atom stereocenters. The van der Waals surface area contributed by atoms with Crippen molar-refractivity contribution in [3.63, 3.8) is 0 Å². The molecule has 10 heteroatoms. The quantitative estimate of drug-likeness (QED) is 0.646. The Morgan fingerprint density at radius 2 is 1.50 bits per heavy atom. The summed E-state index contributed by atoms with van der Waals surface area (Å²) in [4.78, 5) is -0.00825. The van der Waals surface area contributed by atoms with E-state index < -0.39 is 34.4 Å². The van der Waals surface area contributed by atoms with Crippen molar-refractivity contribution in [2.45, 2.75) is 48.8 Å². The van der Waals surface area contributed by atoms with Crippen LogP contribution in [0.3, 0.4) is 0 Å². The first-order valence-electron chi connectivity index (χ1n) is 9.41. The highest BCUT2D eigenvalue weighted by Gasteiger charge is 2.30. The average Bonchev–Trinajstić information content (AvgIpc) is 2.67. The molecule has 30 heavy (non-hydrogen) atoms. The van der Waals surface area contributed by atoms with Crippen LogP contribution in [0, 0.1) is 11.6 Å². The van der Waals surface area contributed by atoms with Gasteiger partial charge in [0.1, 0.15) is 11.6 Å². The summed E-state index contributed by atoms with van der Waals surface area (Å²) in [5.41, 5.74) is 0.556. The predicted octanol–water partition coefficient (Wildman–Crippen LogP) is 4.37. The number of halogens is 5. The second-order valence-electron chi connectivity index (χ2n) is 7.31. The van der Waals surface area contributed by atoms with Crippen molar-refractivity contribution in [3.8, 4) is 11.1 Å². The molecule has 0 atom stereocenters. The van der Waals surface area contributed by atoms with Crippen molar-refractivity contribution >= 4 is 10.0 Å². The van der Waals surface area contributed by atoms with E-state index in [9.17, 15) is 30.4 Å². The standard InChI is InChI=1S/C20H21F5N2O2S/c21-14-3-10-18(19(22)11-14)13-1-8-17(9-2-13)30(28,29)27-16-6-4-15(5-7-16)26-12-20(23,24)25/h1-3,8-11,15-16,26-27H,4-7,12H2/t15-,16-. The lowest BCUT2D eigenvalue weighted by atomic mass is 9.92. The summed E-state index contributed by atoms with van der Waals surface area (Å²) in [5.74, 6) is -1.46. The molecule has 0 bridgehead atoms. The van der Waals surface area contributed by atoms with Crippen LogP contribution < -0.4 is 10.0 Å². The van der Waals surface area contributed by atoms with Gasteiger partial charge in [0.15, 0.2) is 0 Å². The van der Waals surface area contributed by atoms with Gasteiger partial charge in [-0.3, -0.25) is 0 Å². The van der Waals surface area contributed by atoms with Gasteiger partial charge in [-0.05, 0) is 55.5 Å². The SMILES string of the molecule is O=S(=O)(N[C@H]1CC[C@H](NCC(F)(F)F)CC1)c1ccc(-c2ccc(F)cc2F)cc1. The molecule has 0 spiro atoms. The van der Waals surface area contributed by atoms with Crippen molar-refractivity contribution in [2.24, 2.45) is 0 Å². The summed E-state index contributed by atoms with van der Waals surface area (Å²) in [6.45, 7) is -1.06. The van der Waals surface area contributed by atoms with Crippen molar-refractivity contribution in [2.75, 3.05) is 6.54 Å². The Hall–Kier alpha value is -2.04. The zero-order valence-corrected chi connectivity index (χ0v) is 16.7. The van der Waals surface area contributed by atoms with Crippen LogP contribution in [-0.4, -0.2) is 33.2 Å². The molecule has 0 heterocycles. The number of hydrogen-bond acceptors (Lipinski definition) is 3. The van der Waals surface area contributed by atoms with E-state index in [2.05, 4.69) is 10.0 Å². The average molecular weight is 448 g/mol. The van der Waals surface area contributed by atoms with Crippen LogP contribution in [0.2, 0.25) is 0 Å². The summed E-state index contributed by atoms with van der Waals surface area (Å²) in [6.07, 6.45) is -2.55. The van der Waals surface area contributed by atoms with Gasteiger partial charge in [-0.1, -0.05) is 12.1 Å². The molecule has 0 radical (unpaired) electrons. The lowest BCUT2D eigenvalue weighted by molar-refractivity contribution is -0.126. The fourth-order valence-corrected chi connectivity index (χ4v) is 4.81. The number of alkyl halides is 3. The third-order valence-corrected chi connectivity index (χ3v) is 6.58. The summed E-state index contributed by atoms with van der Waals surface area (Å²) in [5, 5.41) is 2.45. The number of sulfonamides is 1. The molecule has 2 aromatic rings. The van der Waals surface area contributed by atoms with E-state index in [1.54, 1.807) is 0 Å². The third-order valence-electron chi connectivity index (χ3n) is 5.05. The Kier molecular flexibility index (Phi) is 6.78. The summed E-state index contributed by atoms with van der Waals surface area (Å²) in [7, 11) is -3.83. The Morgan fingerprint density at radius 1 is 0.900 bits per heavy atom. The summed E-state index contributed by atoms with van der Waals surface area (Å²) < 4.78 is 91.6. The molecule has 1 saturated carbocycles. The summed E-state index contributed by atoms with van der Waals surface area (Å²) in [6, 6.07) is 8.01. The molecule has 164 valence electrons. The van der Waals surface area contributed by atoms with Gasteiger partial charge in [-0.25, -0.2) is 21.9 Å². The highest BCUT2D eigenvalue weighted by atomic mass is 32.2. The maximum absolute atomic E-state index is 13.9. The van der Waals surface area contributed by atoms with E-state index >= 15 is 0 Å². The lowest BCUT2D eigenvalue weighted by Gasteiger charge is -2.29. The molecule has 0 aromatic heterocycles. The van der Waals surface area contributed by atoms with Gasteiger partial charge in [0.05, 0.1) is 11.4 Å². The molecule has 0 saturated heterocycles. The maximum Gasteiger partial charge on any atom is 0.401 e. The van der Waals surface area contributed by atoms with E-state index in [0.29, 0.717) is 31.2 Å². The molecule has 1 aliphatic carbocycles. The number of benzene rings is 2. The molecule has 4 nitrogen and oxygen atoms in total. The van der Waals surface area contributed by atoms with E-state index in [-0.39, 0.29) is 22.5 Å². The van der Waals surface area contributed by atoms with Crippen LogP contribution in [0.15, 0.2) is 47.4 Å². The Bertz CT molecular complexity index is 970. The minimum atomic E-state index is -4.28. The van der Waals surface area contributed by atoms with Crippen LogP contribution in [0.5, 0.6) is 0 Å². The Morgan fingerprint density at radius 3 is 2.07 bits per heavy atom. The predicted molar refractivity (Wildman–Crippen MR) is 102 cm³/mol.